The predicted octanol–water partition coefficient (Wildman–Crippen LogP) is 9.03. The van der Waals surface area contributed by atoms with E-state index >= 15 is 0 Å². The SMILES string of the molecule is C=C(S/C=C(\C)C(C)C)c1cc(CCCC2NC(=C)N(C)CCCC/C=C\[C@@H]3CC3NC2=C)c2ccc(C)c(C)c2n1. The molecule has 2 aliphatic rings. The monoisotopic (exact) mass is 584 g/mol. The molecule has 0 spiro atoms. The Morgan fingerprint density at radius 3 is 2.74 bits per heavy atom. The summed E-state index contributed by atoms with van der Waals surface area (Å²) in [6.45, 7) is 25.3. The molecule has 1 fully saturated rings. The van der Waals surface area contributed by atoms with Crippen molar-refractivity contribution in [2.45, 2.75) is 91.6 Å². The van der Waals surface area contributed by atoms with Gasteiger partial charge in [0.25, 0.3) is 0 Å². The van der Waals surface area contributed by atoms with Gasteiger partial charge < -0.3 is 15.5 Å². The van der Waals surface area contributed by atoms with Gasteiger partial charge in [0.05, 0.1) is 23.1 Å². The molecular formula is C37H52N4S. The van der Waals surface area contributed by atoms with Crippen LogP contribution >= 0.6 is 11.8 Å². The Kier molecular flexibility index (Phi) is 11.1. The van der Waals surface area contributed by atoms with Crippen molar-refractivity contribution in [3.63, 3.8) is 0 Å². The van der Waals surface area contributed by atoms with Crippen molar-refractivity contribution in [3.05, 3.63) is 95.0 Å². The molecule has 2 N–H and O–H groups in total. The third-order valence-electron chi connectivity index (χ3n) is 9.04. The number of rotatable bonds is 8. The van der Waals surface area contributed by atoms with Crippen LogP contribution in [0.15, 0.2) is 72.6 Å². The first kappa shape index (κ1) is 32.0. The number of benzene rings is 1. The molecule has 2 unspecified atom stereocenters. The summed E-state index contributed by atoms with van der Waals surface area (Å²) in [5, 5.41) is 10.9. The number of aromatic nitrogens is 1. The number of thioether (sulfide) groups is 1. The van der Waals surface area contributed by atoms with Crippen molar-refractivity contribution in [1.29, 1.82) is 0 Å². The number of fused-ring (bicyclic) bond motifs is 2. The van der Waals surface area contributed by atoms with Crippen LogP contribution in [0.1, 0.15) is 81.7 Å². The molecular weight excluding hydrogens is 533 g/mol. The average Bonchev–Trinajstić information content (AvgIpc) is 3.70. The molecule has 226 valence electrons. The Balaban J connectivity index is 1.53. The van der Waals surface area contributed by atoms with Gasteiger partial charge in [0, 0.05) is 35.6 Å². The Bertz CT molecular complexity index is 1370. The topological polar surface area (TPSA) is 40.2 Å². The molecule has 0 bridgehead atoms. The summed E-state index contributed by atoms with van der Waals surface area (Å²) >= 11 is 1.69. The van der Waals surface area contributed by atoms with Gasteiger partial charge in [-0.2, -0.15) is 0 Å². The molecule has 0 amide bonds. The summed E-state index contributed by atoms with van der Waals surface area (Å²) in [7, 11) is 2.14. The highest BCUT2D eigenvalue weighted by Gasteiger charge is 2.35. The Hall–Kier alpha value is -2.92. The highest BCUT2D eigenvalue weighted by Crippen LogP contribution is 2.34. The fourth-order valence-corrected chi connectivity index (χ4v) is 6.23. The molecule has 1 aliphatic carbocycles. The van der Waals surface area contributed by atoms with E-state index in [1.165, 1.54) is 46.9 Å². The molecule has 0 radical (unpaired) electrons. The lowest BCUT2D eigenvalue weighted by Crippen LogP contribution is -2.41. The number of nitrogens with zero attached hydrogens (tertiary/aromatic N) is 2. The number of nitrogens with one attached hydrogen (secondary N) is 2. The molecule has 5 heteroatoms. The summed E-state index contributed by atoms with van der Waals surface area (Å²) in [5.41, 5.74) is 8.37. The Morgan fingerprint density at radius 1 is 1.19 bits per heavy atom. The zero-order chi connectivity index (χ0) is 30.4. The molecule has 4 nitrogen and oxygen atoms in total. The second kappa shape index (κ2) is 14.5. The van der Waals surface area contributed by atoms with Crippen molar-refractivity contribution < 1.29 is 0 Å². The van der Waals surface area contributed by atoms with E-state index in [1.54, 1.807) is 11.8 Å². The van der Waals surface area contributed by atoms with E-state index < -0.39 is 0 Å². The third kappa shape index (κ3) is 8.34. The second-order valence-corrected chi connectivity index (χ2v) is 13.6. The van der Waals surface area contributed by atoms with Gasteiger partial charge in [-0.25, -0.2) is 4.98 Å². The lowest BCUT2D eigenvalue weighted by molar-refractivity contribution is 0.355. The quantitative estimate of drug-likeness (QED) is 0.303. The van der Waals surface area contributed by atoms with Gasteiger partial charge in [0.2, 0.25) is 0 Å². The van der Waals surface area contributed by atoms with Gasteiger partial charge in [0.15, 0.2) is 0 Å². The van der Waals surface area contributed by atoms with E-state index in [9.17, 15) is 0 Å². The molecule has 1 aromatic heterocycles. The minimum Gasteiger partial charge on any atom is -0.384 e. The number of allylic oxidation sites excluding steroid dienone is 2. The average molecular weight is 585 g/mol. The molecule has 0 saturated heterocycles. The molecule has 42 heavy (non-hydrogen) atoms. The van der Waals surface area contributed by atoms with E-state index in [2.05, 4.69) is 113 Å². The zero-order valence-corrected chi connectivity index (χ0v) is 27.7. The van der Waals surface area contributed by atoms with E-state index in [4.69, 9.17) is 4.98 Å². The maximum absolute atomic E-state index is 5.12. The smallest absolute Gasteiger partial charge is 0.0941 e. The van der Waals surface area contributed by atoms with Crippen molar-refractivity contribution in [2.24, 2.45) is 11.8 Å². The van der Waals surface area contributed by atoms with Gasteiger partial charge in [-0.1, -0.05) is 75.2 Å². The van der Waals surface area contributed by atoms with Gasteiger partial charge in [-0.15, -0.1) is 0 Å². The van der Waals surface area contributed by atoms with Crippen LogP contribution in [0.3, 0.4) is 0 Å². The molecule has 2 aromatic rings. The van der Waals surface area contributed by atoms with Crippen molar-refractivity contribution in [2.75, 3.05) is 13.6 Å². The Labute approximate surface area is 259 Å². The summed E-state index contributed by atoms with van der Waals surface area (Å²) in [4.78, 5) is 8.37. The fraction of sp³-hybridized carbons (Fsp3) is 0.486. The minimum atomic E-state index is 0.124. The highest BCUT2D eigenvalue weighted by atomic mass is 32.2. The molecule has 1 saturated carbocycles. The number of aryl methyl sites for hydroxylation is 3. The van der Waals surface area contributed by atoms with Crippen LogP contribution in [-0.4, -0.2) is 35.6 Å². The number of hydrogen-bond donors (Lipinski definition) is 2. The number of hydrogen-bond acceptors (Lipinski definition) is 5. The molecule has 3 atom stereocenters. The van der Waals surface area contributed by atoms with Crippen LogP contribution in [0.2, 0.25) is 0 Å². The van der Waals surface area contributed by atoms with Crippen molar-refractivity contribution in [3.8, 4) is 0 Å². The van der Waals surface area contributed by atoms with E-state index in [0.717, 1.165) is 59.9 Å². The van der Waals surface area contributed by atoms with Crippen LogP contribution in [0.4, 0.5) is 0 Å². The van der Waals surface area contributed by atoms with E-state index in [0.29, 0.717) is 17.9 Å². The lowest BCUT2D eigenvalue weighted by Gasteiger charge is -2.29. The number of pyridine rings is 1. The first-order valence-electron chi connectivity index (χ1n) is 15.8. The van der Waals surface area contributed by atoms with Gasteiger partial charge >= 0.3 is 0 Å². The van der Waals surface area contributed by atoms with Crippen LogP contribution < -0.4 is 10.6 Å². The molecule has 2 heterocycles. The minimum absolute atomic E-state index is 0.124. The van der Waals surface area contributed by atoms with E-state index in [-0.39, 0.29) is 6.04 Å². The van der Waals surface area contributed by atoms with Crippen molar-refractivity contribution >= 4 is 27.6 Å². The van der Waals surface area contributed by atoms with E-state index in [1.807, 2.05) is 0 Å². The van der Waals surface area contributed by atoms with Crippen molar-refractivity contribution in [1.82, 2.24) is 20.5 Å². The normalized spacial score (nSPS) is 22.8. The lowest BCUT2D eigenvalue weighted by atomic mass is 9.96. The largest absolute Gasteiger partial charge is 0.384 e. The molecule has 1 aromatic carbocycles. The molecule has 1 aliphatic heterocycles. The Morgan fingerprint density at radius 2 is 1.98 bits per heavy atom. The second-order valence-electron chi connectivity index (χ2n) is 12.7. The first-order chi connectivity index (χ1) is 20.0. The maximum Gasteiger partial charge on any atom is 0.0941 e. The summed E-state index contributed by atoms with van der Waals surface area (Å²) in [5.74, 6) is 2.13. The predicted molar refractivity (Wildman–Crippen MR) is 185 cm³/mol. The summed E-state index contributed by atoms with van der Waals surface area (Å²) < 4.78 is 0. The van der Waals surface area contributed by atoms with Crippen LogP contribution in [-0.2, 0) is 6.42 Å². The maximum atomic E-state index is 5.12. The first-order valence-corrected chi connectivity index (χ1v) is 16.6. The van der Waals surface area contributed by atoms with Crippen LogP contribution in [0.25, 0.3) is 15.8 Å². The van der Waals surface area contributed by atoms with Crippen LogP contribution in [0, 0.1) is 25.7 Å². The van der Waals surface area contributed by atoms with Gasteiger partial charge in [0.1, 0.15) is 0 Å². The summed E-state index contributed by atoms with van der Waals surface area (Å²) in [6.07, 6.45) is 12.5. The third-order valence-corrected chi connectivity index (χ3v) is 10.0. The highest BCUT2D eigenvalue weighted by molar-refractivity contribution is 8.10. The standard InChI is InChI=1S/C37H52N4S/c1-24(2)26(4)23-42-29(7)35-21-31(33-19-18-25(3)27(5)37(33)40-35)16-14-17-34-28(6)38-36-22-32(36)15-12-10-11-13-20-41(9)30(8)39-34/h12,15,18-19,21,23-24,32,34,36,38-39H,6-8,10-11,13-14,16-17,20,22H2,1-5,9H3/b15-12-,26-23+/t32-,34?,36?/m1/s1. The zero-order valence-electron chi connectivity index (χ0n) is 26.9. The summed E-state index contributed by atoms with van der Waals surface area (Å²) in [6, 6.07) is 7.38. The molecule has 4 rings (SSSR count). The van der Waals surface area contributed by atoms with Gasteiger partial charge in [-0.3, -0.25) is 0 Å². The fourth-order valence-electron chi connectivity index (χ4n) is 5.40. The van der Waals surface area contributed by atoms with Gasteiger partial charge in [-0.05, 0) is 106 Å². The van der Waals surface area contributed by atoms with Crippen LogP contribution in [0.5, 0.6) is 0 Å².